The van der Waals surface area contributed by atoms with Crippen LogP contribution in [0.5, 0.6) is 5.75 Å². The van der Waals surface area contributed by atoms with E-state index < -0.39 is 0 Å². The minimum absolute atomic E-state index is 0.260. The van der Waals surface area contributed by atoms with Gasteiger partial charge in [0.2, 0.25) is 0 Å². The van der Waals surface area contributed by atoms with Crippen molar-refractivity contribution in [1.82, 2.24) is 39.9 Å². The third-order valence-electron chi connectivity index (χ3n) is 7.80. The SMILES string of the molecule is CN1CCN(c2nccc3[nH]c(-c4n[nH]c5ccc(-c6cncc(OC(=O)CN7CCCC7)c6)cc45)nc23)CC1. The number of H-pyrrole nitrogens is 2. The minimum atomic E-state index is -0.260. The number of fused-ring (bicyclic) bond motifs is 2. The van der Waals surface area contributed by atoms with Crippen molar-refractivity contribution in [1.29, 1.82) is 0 Å². The number of nitrogens with one attached hydrogen (secondary N) is 2. The van der Waals surface area contributed by atoms with Crippen LogP contribution < -0.4 is 9.64 Å². The smallest absolute Gasteiger partial charge is 0.325 e. The Morgan fingerprint density at radius 1 is 0.975 bits per heavy atom. The average Bonchev–Trinajstić information content (AvgIpc) is 3.73. The first kappa shape index (κ1) is 24.7. The van der Waals surface area contributed by atoms with Crippen LogP contribution in [0.4, 0.5) is 5.82 Å². The number of carbonyl (C=O) groups is 1. The summed E-state index contributed by atoms with van der Waals surface area (Å²) < 4.78 is 5.62. The van der Waals surface area contributed by atoms with Crippen LogP contribution in [-0.4, -0.2) is 98.8 Å². The normalized spacial score (nSPS) is 16.8. The molecule has 204 valence electrons. The lowest BCUT2D eigenvalue weighted by Crippen LogP contribution is -2.44. The number of aromatic nitrogens is 6. The maximum atomic E-state index is 12.4. The summed E-state index contributed by atoms with van der Waals surface area (Å²) in [7, 11) is 2.14. The van der Waals surface area contributed by atoms with E-state index in [1.54, 1.807) is 12.4 Å². The van der Waals surface area contributed by atoms with Crippen LogP contribution in [0, 0.1) is 0 Å². The quantitative estimate of drug-likeness (QED) is 0.314. The van der Waals surface area contributed by atoms with Crippen LogP contribution in [-0.2, 0) is 4.79 Å². The van der Waals surface area contributed by atoms with Gasteiger partial charge < -0.3 is 19.5 Å². The number of imidazole rings is 1. The molecule has 2 aliphatic rings. The lowest BCUT2D eigenvalue weighted by Gasteiger charge is -2.33. The van der Waals surface area contributed by atoms with Gasteiger partial charge in [-0.15, -0.1) is 0 Å². The van der Waals surface area contributed by atoms with Gasteiger partial charge in [-0.2, -0.15) is 5.10 Å². The number of hydrogen-bond donors (Lipinski definition) is 2. The number of likely N-dealkylation sites (tertiary alicyclic amines) is 1. The number of aromatic amines is 2. The van der Waals surface area contributed by atoms with E-state index in [0.29, 0.717) is 18.1 Å². The molecule has 0 aliphatic carbocycles. The molecule has 5 aromatic rings. The fourth-order valence-electron chi connectivity index (χ4n) is 5.58. The molecule has 0 amide bonds. The van der Waals surface area contributed by atoms with Crippen LogP contribution in [0.2, 0.25) is 0 Å². The van der Waals surface area contributed by atoms with Crippen molar-refractivity contribution in [3.05, 3.63) is 48.9 Å². The fraction of sp³-hybridized carbons (Fsp3) is 0.345. The Kier molecular flexibility index (Phi) is 6.37. The summed E-state index contributed by atoms with van der Waals surface area (Å²) in [4.78, 5) is 36.6. The number of ether oxygens (including phenoxy) is 1. The molecule has 4 aromatic heterocycles. The van der Waals surface area contributed by atoms with E-state index in [1.807, 2.05) is 30.5 Å². The first-order valence-electron chi connectivity index (χ1n) is 13.8. The second-order valence-corrected chi connectivity index (χ2v) is 10.6. The molecule has 2 fully saturated rings. The Labute approximate surface area is 231 Å². The highest BCUT2D eigenvalue weighted by Gasteiger charge is 2.21. The second-order valence-electron chi connectivity index (χ2n) is 10.6. The molecule has 2 aliphatic heterocycles. The molecule has 0 saturated carbocycles. The number of nitrogens with zero attached hydrogens (tertiary/aromatic N) is 7. The van der Waals surface area contributed by atoms with Gasteiger partial charge in [-0.1, -0.05) is 6.07 Å². The van der Waals surface area contributed by atoms with Gasteiger partial charge in [-0.25, -0.2) is 9.97 Å². The largest absolute Gasteiger partial charge is 0.424 e. The molecule has 1 aromatic carbocycles. The Balaban J connectivity index is 1.18. The number of likely N-dealkylation sites (N-methyl/N-ethyl adjacent to an activating group) is 1. The van der Waals surface area contributed by atoms with Crippen molar-refractivity contribution in [3.8, 4) is 28.4 Å². The highest BCUT2D eigenvalue weighted by molar-refractivity contribution is 5.97. The van der Waals surface area contributed by atoms with Crippen molar-refractivity contribution in [3.63, 3.8) is 0 Å². The van der Waals surface area contributed by atoms with Crippen molar-refractivity contribution in [2.45, 2.75) is 12.8 Å². The van der Waals surface area contributed by atoms with E-state index in [9.17, 15) is 4.79 Å². The first-order chi connectivity index (χ1) is 19.6. The molecule has 11 heteroatoms. The van der Waals surface area contributed by atoms with Crippen LogP contribution in [0.3, 0.4) is 0 Å². The van der Waals surface area contributed by atoms with Gasteiger partial charge in [-0.05, 0) is 62.8 Å². The van der Waals surface area contributed by atoms with E-state index in [1.165, 1.54) is 0 Å². The highest BCUT2D eigenvalue weighted by Crippen LogP contribution is 2.32. The monoisotopic (exact) mass is 537 g/mol. The van der Waals surface area contributed by atoms with Crippen molar-refractivity contribution < 1.29 is 9.53 Å². The molecule has 0 bridgehead atoms. The van der Waals surface area contributed by atoms with E-state index >= 15 is 0 Å². The number of hydrogen-bond acceptors (Lipinski definition) is 9. The summed E-state index contributed by atoms with van der Waals surface area (Å²) in [6, 6.07) is 9.87. The Morgan fingerprint density at radius 2 is 1.82 bits per heavy atom. The Hall–Kier alpha value is -4.35. The minimum Gasteiger partial charge on any atom is -0.424 e. The molecule has 0 atom stereocenters. The molecule has 0 unspecified atom stereocenters. The number of carbonyl (C=O) groups excluding carboxylic acids is 1. The summed E-state index contributed by atoms with van der Waals surface area (Å²) in [6.07, 6.45) is 7.44. The molecular weight excluding hydrogens is 506 g/mol. The van der Waals surface area contributed by atoms with E-state index in [4.69, 9.17) is 9.72 Å². The predicted molar refractivity (Wildman–Crippen MR) is 153 cm³/mol. The fourth-order valence-corrected chi connectivity index (χ4v) is 5.58. The summed E-state index contributed by atoms with van der Waals surface area (Å²) >= 11 is 0. The Morgan fingerprint density at radius 3 is 2.67 bits per heavy atom. The first-order valence-corrected chi connectivity index (χ1v) is 13.8. The van der Waals surface area contributed by atoms with Gasteiger partial charge >= 0.3 is 5.97 Å². The number of benzene rings is 1. The molecule has 6 heterocycles. The third-order valence-corrected chi connectivity index (χ3v) is 7.80. The van der Waals surface area contributed by atoms with Crippen molar-refractivity contribution in [2.75, 3.05) is 57.8 Å². The predicted octanol–water partition coefficient (Wildman–Crippen LogP) is 3.32. The molecule has 40 heavy (non-hydrogen) atoms. The lowest BCUT2D eigenvalue weighted by molar-refractivity contribution is -0.135. The Bertz CT molecular complexity index is 1680. The number of rotatable bonds is 6. The van der Waals surface area contributed by atoms with Crippen LogP contribution >= 0.6 is 0 Å². The molecule has 7 rings (SSSR count). The van der Waals surface area contributed by atoms with Gasteiger partial charge in [-0.3, -0.25) is 19.8 Å². The maximum absolute atomic E-state index is 12.4. The maximum Gasteiger partial charge on any atom is 0.325 e. The average molecular weight is 538 g/mol. The molecule has 2 N–H and O–H groups in total. The zero-order chi connectivity index (χ0) is 27.1. The molecule has 2 saturated heterocycles. The molecule has 0 radical (unpaired) electrons. The highest BCUT2D eigenvalue weighted by atomic mass is 16.5. The number of piperazine rings is 1. The van der Waals surface area contributed by atoms with E-state index in [0.717, 1.165) is 96.7 Å². The number of pyridine rings is 2. The van der Waals surface area contributed by atoms with E-state index in [2.05, 4.69) is 53.0 Å². The molecule has 0 spiro atoms. The van der Waals surface area contributed by atoms with Crippen LogP contribution in [0.1, 0.15) is 12.8 Å². The van der Waals surface area contributed by atoms with Crippen LogP contribution in [0.15, 0.2) is 48.9 Å². The van der Waals surface area contributed by atoms with Gasteiger partial charge in [0, 0.05) is 49.5 Å². The summed E-state index contributed by atoms with van der Waals surface area (Å²) in [5.74, 6) is 1.76. The zero-order valence-corrected chi connectivity index (χ0v) is 22.4. The second kappa shape index (κ2) is 10.3. The van der Waals surface area contributed by atoms with Crippen LogP contribution in [0.25, 0.3) is 44.6 Å². The van der Waals surface area contributed by atoms with Gasteiger partial charge in [0.1, 0.15) is 17.0 Å². The standard InChI is InChI=1S/C29H31N9O2/c1-36-10-12-38(13-11-36)29-27-24(6-7-31-29)32-28(33-27)26-22-15-19(4-5-23(22)34-35-26)20-14-21(17-30-16-20)40-25(39)18-37-8-2-3-9-37/h4-7,14-17H,2-3,8-13,18H2,1H3,(H,32,33)(H,34,35). The number of anilines is 1. The summed E-state index contributed by atoms with van der Waals surface area (Å²) in [5, 5.41) is 8.67. The molecule has 11 nitrogen and oxygen atoms in total. The zero-order valence-electron chi connectivity index (χ0n) is 22.4. The summed E-state index contributed by atoms with van der Waals surface area (Å²) in [6.45, 7) is 6.02. The topological polar surface area (TPSA) is 119 Å². The van der Waals surface area contributed by atoms with Gasteiger partial charge in [0.05, 0.1) is 23.8 Å². The summed E-state index contributed by atoms with van der Waals surface area (Å²) in [5.41, 5.74) is 5.21. The van der Waals surface area contributed by atoms with Crippen molar-refractivity contribution >= 4 is 33.7 Å². The third kappa shape index (κ3) is 4.78. The molecular formula is C29H31N9O2. The lowest BCUT2D eigenvalue weighted by atomic mass is 10.0. The number of esters is 1. The van der Waals surface area contributed by atoms with Crippen molar-refractivity contribution in [2.24, 2.45) is 0 Å². The van der Waals surface area contributed by atoms with Gasteiger partial charge in [0.25, 0.3) is 0 Å². The van der Waals surface area contributed by atoms with E-state index in [-0.39, 0.29) is 5.97 Å². The van der Waals surface area contributed by atoms with Gasteiger partial charge in [0.15, 0.2) is 11.6 Å².